The molecular weight excluding hydrogens is 276 g/mol. The molecule has 1 amide bonds. The van der Waals surface area contributed by atoms with E-state index in [2.05, 4.69) is 0 Å². The van der Waals surface area contributed by atoms with Crippen LogP contribution in [-0.2, 0) is 6.61 Å². The summed E-state index contributed by atoms with van der Waals surface area (Å²) in [6.45, 7) is 5.66. The zero-order valence-electron chi connectivity index (χ0n) is 13.1. The van der Waals surface area contributed by atoms with Crippen molar-refractivity contribution in [3.63, 3.8) is 0 Å². The fourth-order valence-electron chi connectivity index (χ4n) is 2.25. The smallest absolute Gasteiger partial charge is 0.257 e. The Kier molecular flexibility index (Phi) is 5.42. The van der Waals surface area contributed by atoms with Crippen molar-refractivity contribution in [3.8, 4) is 5.75 Å². The molecule has 0 saturated carbocycles. The highest BCUT2D eigenvalue weighted by Crippen LogP contribution is 2.24. The van der Waals surface area contributed by atoms with E-state index in [9.17, 15) is 4.79 Å². The Hall–Kier alpha value is -2.49. The van der Waals surface area contributed by atoms with Gasteiger partial charge in [-0.3, -0.25) is 4.79 Å². The third-order valence-corrected chi connectivity index (χ3v) is 3.52. The lowest BCUT2D eigenvalue weighted by Gasteiger charge is -2.20. The molecule has 4 nitrogen and oxygen atoms in total. The first-order chi connectivity index (χ1) is 10.7. The number of hydrogen-bond donors (Lipinski definition) is 1. The van der Waals surface area contributed by atoms with Crippen molar-refractivity contribution in [3.05, 3.63) is 59.7 Å². The van der Waals surface area contributed by atoms with Crippen LogP contribution in [0.1, 0.15) is 29.8 Å². The van der Waals surface area contributed by atoms with Crippen LogP contribution in [0.15, 0.2) is 48.5 Å². The van der Waals surface area contributed by atoms with Crippen molar-refractivity contribution >= 4 is 11.6 Å². The number of carbonyl (C=O) groups excluding carboxylic acids is 1. The number of carbonyl (C=O) groups is 1. The van der Waals surface area contributed by atoms with Crippen LogP contribution in [0.25, 0.3) is 0 Å². The van der Waals surface area contributed by atoms with E-state index in [-0.39, 0.29) is 5.91 Å². The summed E-state index contributed by atoms with van der Waals surface area (Å²) >= 11 is 0. The van der Waals surface area contributed by atoms with Crippen molar-refractivity contribution in [1.82, 2.24) is 4.90 Å². The second-order valence-electron chi connectivity index (χ2n) is 5.01. The number of anilines is 1. The maximum Gasteiger partial charge on any atom is 0.257 e. The summed E-state index contributed by atoms with van der Waals surface area (Å²) in [5, 5.41) is 0. The number of benzene rings is 2. The first-order valence-corrected chi connectivity index (χ1v) is 7.51. The topological polar surface area (TPSA) is 55.6 Å². The fraction of sp³-hybridized carbons (Fsp3) is 0.278. The average molecular weight is 298 g/mol. The van der Waals surface area contributed by atoms with Crippen molar-refractivity contribution in [1.29, 1.82) is 0 Å². The molecule has 2 N–H and O–H groups in total. The first kappa shape index (κ1) is 15.9. The standard InChI is InChI=1S/C18H22N2O2/c1-3-20(4-2)18(21)16-11-10-15(19)12-17(16)22-13-14-8-6-5-7-9-14/h5-12H,3-4,13,19H2,1-2H3. The molecule has 0 aliphatic carbocycles. The van der Waals surface area contributed by atoms with Gasteiger partial charge in [-0.1, -0.05) is 30.3 Å². The summed E-state index contributed by atoms with van der Waals surface area (Å²) in [5.74, 6) is 0.494. The van der Waals surface area contributed by atoms with Gasteiger partial charge in [0.15, 0.2) is 0 Å². The largest absolute Gasteiger partial charge is 0.488 e. The van der Waals surface area contributed by atoms with Gasteiger partial charge in [0.2, 0.25) is 0 Å². The van der Waals surface area contributed by atoms with Crippen molar-refractivity contribution in [2.45, 2.75) is 20.5 Å². The highest BCUT2D eigenvalue weighted by molar-refractivity contribution is 5.97. The Morgan fingerprint density at radius 2 is 1.77 bits per heavy atom. The summed E-state index contributed by atoms with van der Waals surface area (Å²) in [7, 11) is 0. The Balaban J connectivity index is 2.22. The summed E-state index contributed by atoms with van der Waals surface area (Å²) < 4.78 is 5.84. The Morgan fingerprint density at radius 1 is 1.09 bits per heavy atom. The first-order valence-electron chi connectivity index (χ1n) is 7.51. The third kappa shape index (κ3) is 3.79. The van der Waals surface area contributed by atoms with Crippen LogP contribution in [0.5, 0.6) is 5.75 Å². The van der Waals surface area contributed by atoms with Gasteiger partial charge in [-0.15, -0.1) is 0 Å². The van der Waals surface area contributed by atoms with E-state index in [1.54, 1.807) is 23.1 Å². The van der Waals surface area contributed by atoms with Gasteiger partial charge >= 0.3 is 0 Å². The molecule has 0 radical (unpaired) electrons. The summed E-state index contributed by atoms with van der Waals surface area (Å²) in [6.07, 6.45) is 0. The van der Waals surface area contributed by atoms with Gasteiger partial charge < -0.3 is 15.4 Å². The number of nitrogens with zero attached hydrogens (tertiary/aromatic N) is 1. The predicted molar refractivity (Wildman–Crippen MR) is 88.9 cm³/mol. The summed E-state index contributed by atoms with van der Waals surface area (Å²) in [4.78, 5) is 14.3. The number of nitrogen functional groups attached to an aromatic ring is 1. The van der Waals surface area contributed by atoms with Crippen LogP contribution in [-0.4, -0.2) is 23.9 Å². The van der Waals surface area contributed by atoms with Crippen LogP contribution in [0.4, 0.5) is 5.69 Å². The molecule has 0 aliphatic heterocycles. The molecule has 0 fully saturated rings. The molecule has 0 aromatic heterocycles. The third-order valence-electron chi connectivity index (χ3n) is 3.52. The Bertz CT molecular complexity index is 622. The van der Waals surface area contributed by atoms with Crippen LogP contribution in [0, 0.1) is 0 Å². The van der Waals surface area contributed by atoms with E-state index in [0.29, 0.717) is 36.7 Å². The predicted octanol–water partition coefficient (Wildman–Crippen LogP) is 3.33. The van der Waals surface area contributed by atoms with Crippen LogP contribution < -0.4 is 10.5 Å². The van der Waals surface area contributed by atoms with Crippen LogP contribution in [0.3, 0.4) is 0 Å². The summed E-state index contributed by atoms with van der Waals surface area (Å²) in [6, 6.07) is 15.0. The Labute approximate surface area is 131 Å². The molecule has 0 bridgehead atoms. The number of hydrogen-bond acceptors (Lipinski definition) is 3. The monoisotopic (exact) mass is 298 g/mol. The summed E-state index contributed by atoms with van der Waals surface area (Å²) in [5.41, 5.74) is 8.01. The van der Waals surface area contributed by atoms with Gasteiger partial charge in [0.05, 0.1) is 5.56 Å². The zero-order valence-corrected chi connectivity index (χ0v) is 13.1. The number of rotatable bonds is 6. The molecule has 0 saturated heterocycles. The minimum atomic E-state index is -0.0342. The van der Waals surface area contributed by atoms with Crippen LogP contribution >= 0.6 is 0 Å². The fourth-order valence-corrected chi connectivity index (χ4v) is 2.25. The molecule has 4 heteroatoms. The van der Waals surface area contributed by atoms with Crippen molar-refractivity contribution < 1.29 is 9.53 Å². The van der Waals surface area contributed by atoms with Gasteiger partial charge in [-0.2, -0.15) is 0 Å². The van der Waals surface area contributed by atoms with Gasteiger partial charge in [-0.25, -0.2) is 0 Å². The molecule has 2 aromatic rings. The maximum absolute atomic E-state index is 12.6. The van der Waals surface area contributed by atoms with Gasteiger partial charge in [0.25, 0.3) is 5.91 Å². The molecule has 22 heavy (non-hydrogen) atoms. The van der Waals surface area contributed by atoms with Gasteiger partial charge in [-0.05, 0) is 31.5 Å². The SMILES string of the molecule is CCN(CC)C(=O)c1ccc(N)cc1OCc1ccccc1. The lowest BCUT2D eigenvalue weighted by Crippen LogP contribution is -2.30. The minimum Gasteiger partial charge on any atom is -0.488 e. The molecule has 2 rings (SSSR count). The van der Waals surface area contributed by atoms with E-state index in [4.69, 9.17) is 10.5 Å². The van der Waals surface area contributed by atoms with E-state index in [0.717, 1.165) is 5.56 Å². The quantitative estimate of drug-likeness (QED) is 0.832. The highest BCUT2D eigenvalue weighted by Gasteiger charge is 2.17. The van der Waals surface area contributed by atoms with Gasteiger partial charge in [0, 0.05) is 24.8 Å². The molecule has 0 aliphatic rings. The second kappa shape index (κ2) is 7.50. The normalized spacial score (nSPS) is 10.3. The van der Waals surface area contributed by atoms with E-state index in [1.165, 1.54) is 0 Å². The lowest BCUT2D eigenvalue weighted by atomic mass is 10.1. The Morgan fingerprint density at radius 3 is 2.41 bits per heavy atom. The number of amides is 1. The molecule has 2 aromatic carbocycles. The highest BCUT2D eigenvalue weighted by atomic mass is 16.5. The molecule has 0 unspecified atom stereocenters. The van der Waals surface area contributed by atoms with Gasteiger partial charge in [0.1, 0.15) is 12.4 Å². The average Bonchev–Trinajstić information content (AvgIpc) is 2.55. The molecule has 0 heterocycles. The minimum absolute atomic E-state index is 0.0342. The van der Waals surface area contributed by atoms with E-state index >= 15 is 0 Å². The van der Waals surface area contributed by atoms with E-state index < -0.39 is 0 Å². The molecular formula is C18H22N2O2. The lowest BCUT2D eigenvalue weighted by molar-refractivity contribution is 0.0768. The molecule has 116 valence electrons. The van der Waals surface area contributed by atoms with Crippen molar-refractivity contribution in [2.75, 3.05) is 18.8 Å². The molecule has 0 atom stereocenters. The van der Waals surface area contributed by atoms with Crippen molar-refractivity contribution in [2.24, 2.45) is 0 Å². The van der Waals surface area contributed by atoms with E-state index in [1.807, 2.05) is 44.2 Å². The van der Waals surface area contributed by atoms with Crippen LogP contribution in [0.2, 0.25) is 0 Å². The maximum atomic E-state index is 12.6. The number of ether oxygens (including phenoxy) is 1. The molecule has 0 spiro atoms. The second-order valence-corrected chi connectivity index (χ2v) is 5.01. The zero-order chi connectivity index (χ0) is 15.9. The number of nitrogens with two attached hydrogens (primary N) is 1.